The fourth-order valence-electron chi connectivity index (χ4n) is 4.56. The maximum Gasteiger partial charge on any atom is 0.306 e. The lowest BCUT2D eigenvalue weighted by atomic mass is 9.99. The van der Waals surface area contributed by atoms with E-state index in [2.05, 4.69) is 20.8 Å². The molecule has 47 heavy (non-hydrogen) atoms. The topological polar surface area (TPSA) is 113 Å². The molecule has 0 heterocycles. The number of rotatable bonds is 30. The zero-order valence-electron chi connectivity index (χ0n) is 29.6. The van der Waals surface area contributed by atoms with Gasteiger partial charge < -0.3 is 24.8 Å². The minimum absolute atomic E-state index is 0.140. The summed E-state index contributed by atoms with van der Waals surface area (Å²) in [6.45, 7) is 6.09. The number of esters is 2. The van der Waals surface area contributed by atoms with E-state index < -0.39 is 30.9 Å². The molecule has 0 aliphatic carbocycles. The summed E-state index contributed by atoms with van der Waals surface area (Å²) in [6.07, 6.45) is 36.0. The number of carbonyl (C=O) groups excluding carboxylic acids is 2. The van der Waals surface area contributed by atoms with Crippen molar-refractivity contribution < 1.29 is 34.4 Å². The lowest BCUT2D eigenvalue weighted by molar-refractivity contribution is -0.161. The quantitative estimate of drug-likeness (QED) is 0.0306. The summed E-state index contributed by atoms with van der Waals surface area (Å²) in [7, 11) is 0. The lowest BCUT2D eigenvalue weighted by Gasteiger charge is -2.15. The molecule has 0 aliphatic heterocycles. The van der Waals surface area contributed by atoms with Crippen molar-refractivity contribution in [1.29, 1.82) is 0 Å². The fraction of sp³-hybridized carbons (Fsp3) is 0.650. The number of hydrogen-bond acceptors (Lipinski definition) is 7. The highest BCUT2D eigenvalue weighted by molar-refractivity contribution is 5.70. The third kappa shape index (κ3) is 31.6. The van der Waals surface area contributed by atoms with Crippen LogP contribution in [0.4, 0.5) is 0 Å². The predicted octanol–water partition coefficient (Wildman–Crippen LogP) is 8.80. The van der Waals surface area contributed by atoms with E-state index in [1.54, 1.807) is 24.3 Å². The molecule has 7 heteroatoms. The average Bonchev–Trinajstić information content (AvgIpc) is 3.06. The van der Waals surface area contributed by atoms with Crippen molar-refractivity contribution >= 4 is 11.9 Å². The number of allylic oxidation sites excluding steroid dienone is 8. The van der Waals surface area contributed by atoms with E-state index in [0.29, 0.717) is 25.7 Å². The third-order valence-electron chi connectivity index (χ3n) is 7.73. The second-order valence-electron chi connectivity index (χ2n) is 12.2. The highest BCUT2D eigenvalue weighted by atomic mass is 16.6. The number of aliphatic hydroxyl groups is 3. The van der Waals surface area contributed by atoms with E-state index in [-0.39, 0.29) is 19.0 Å². The minimum atomic E-state index is -0.861. The van der Waals surface area contributed by atoms with Crippen LogP contribution in [-0.4, -0.2) is 58.8 Å². The molecule has 0 rings (SSSR count). The Kier molecular flexibility index (Phi) is 31.2. The monoisotopic (exact) mass is 658 g/mol. The average molecular weight is 659 g/mol. The summed E-state index contributed by atoms with van der Waals surface area (Å²) in [5.74, 6) is 0.0561. The molecule has 0 radical (unpaired) electrons. The third-order valence-corrected chi connectivity index (χ3v) is 7.73. The molecule has 0 aliphatic rings. The van der Waals surface area contributed by atoms with Crippen molar-refractivity contribution in [2.24, 2.45) is 5.92 Å². The van der Waals surface area contributed by atoms with E-state index in [1.165, 1.54) is 44.9 Å². The fourth-order valence-corrected chi connectivity index (χ4v) is 4.56. The van der Waals surface area contributed by atoms with Crippen LogP contribution < -0.4 is 0 Å². The van der Waals surface area contributed by atoms with E-state index in [1.807, 2.05) is 48.6 Å². The van der Waals surface area contributed by atoms with Crippen LogP contribution in [0.15, 0.2) is 72.9 Å². The largest absolute Gasteiger partial charge is 0.462 e. The van der Waals surface area contributed by atoms with Crippen LogP contribution in [0.2, 0.25) is 0 Å². The molecule has 3 N–H and O–H groups in total. The van der Waals surface area contributed by atoms with Crippen molar-refractivity contribution in [3.05, 3.63) is 72.9 Å². The Hall–Kier alpha value is -2.74. The second kappa shape index (κ2) is 33.2. The SMILES string of the molecule is CC/C=C\C[C@H](O)/C=C/C=C\C/C=C\C=C\[C@H](O)/C=C\CCCC(=O)O[C@@H](CO)COC(=O)CCCCCCCCCCC(C)CC. The van der Waals surface area contributed by atoms with E-state index >= 15 is 0 Å². The first-order chi connectivity index (χ1) is 22.8. The Morgan fingerprint density at radius 1 is 0.702 bits per heavy atom. The van der Waals surface area contributed by atoms with E-state index in [0.717, 1.165) is 38.0 Å². The summed E-state index contributed by atoms with van der Waals surface area (Å²) in [5.41, 5.74) is 0. The van der Waals surface area contributed by atoms with Gasteiger partial charge in [0.25, 0.3) is 0 Å². The van der Waals surface area contributed by atoms with Crippen LogP contribution in [-0.2, 0) is 19.1 Å². The van der Waals surface area contributed by atoms with Gasteiger partial charge in [-0.1, -0.05) is 151 Å². The van der Waals surface area contributed by atoms with Crippen LogP contribution in [0.3, 0.4) is 0 Å². The zero-order valence-corrected chi connectivity index (χ0v) is 29.6. The smallest absolute Gasteiger partial charge is 0.306 e. The minimum Gasteiger partial charge on any atom is -0.462 e. The number of ether oxygens (including phenoxy) is 2. The molecule has 0 amide bonds. The Bertz CT molecular complexity index is 931. The number of hydrogen-bond donors (Lipinski definition) is 3. The van der Waals surface area contributed by atoms with Gasteiger partial charge in [-0.2, -0.15) is 0 Å². The van der Waals surface area contributed by atoms with Gasteiger partial charge in [0, 0.05) is 12.8 Å². The predicted molar refractivity (Wildman–Crippen MR) is 194 cm³/mol. The highest BCUT2D eigenvalue weighted by Gasteiger charge is 2.16. The van der Waals surface area contributed by atoms with Crippen LogP contribution >= 0.6 is 0 Å². The number of aliphatic hydroxyl groups excluding tert-OH is 3. The summed E-state index contributed by atoms with van der Waals surface area (Å²) in [5, 5.41) is 29.3. The van der Waals surface area contributed by atoms with Crippen molar-refractivity contribution in [3.63, 3.8) is 0 Å². The molecule has 1 unspecified atom stereocenters. The highest BCUT2D eigenvalue weighted by Crippen LogP contribution is 2.15. The van der Waals surface area contributed by atoms with E-state index in [4.69, 9.17) is 9.47 Å². The first-order valence-corrected chi connectivity index (χ1v) is 18.1. The Morgan fingerprint density at radius 2 is 1.34 bits per heavy atom. The molecule has 0 bridgehead atoms. The summed E-state index contributed by atoms with van der Waals surface area (Å²) >= 11 is 0. The summed E-state index contributed by atoms with van der Waals surface area (Å²) in [4.78, 5) is 24.2. The Labute approximate surface area is 286 Å². The molecule has 268 valence electrons. The maximum atomic E-state index is 12.1. The first kappa shape index (κ1) is 44.3. The van der Waals surface area contributed by atoms with Crippen molar-refractivity contribution in [3.8, 4) is 0 Å². The first-order valence-electron chi connectivity index (χ1n) is 18.1. The normalized spacial score (nSPS) is 15.1. The van der Waals surface area contributed by atoms with Gasteiger partial charge in [0.15, 0.2) is 6.10 Å². The van der Waals surface area contributed by atoms with Gasteiger partial charge in [0.2, 0.25) is 0 Å². The van der Waals surface area contributed by atoms with Crippen LogP contribution in [0.5, 0.6) is 0 Å². The number of carbonyl (C=O) groups is 2. The molecule has 0 spiro atoms. The molecule has 0 fully saturated rings. The molecule has 0 aromatic heterocycles. The number of unbranched alkanes of at least 4 members (excludes halogenated alkanes) is 8. The summed E-state index contributed by atoms with van der Waals surface area (Å²) in [6, 6.07) is 0. The van der Waals surface area contributed by atoms with Crippen molar-refractivity contribution in [2.75, 3.05) is 13.2 Å². The van der Waals surface area contributed by atoms with Gasteiger partial charge in [-0.25, -0.2) is 0 Å². The van der Waals surface area contributed by atoms with Gasteiger partial charge in [-0.3, -0.25) is 9.59 Å². The van der Waals surface area contributed by atoms with Gasteiger partial charge in [-0.15, -0.1) is 0 Å². The van der Waals surface area contributed by atoms with E-state index in [9.17, 15) is 24.9 Å². The Balaban J connectivity index is 3.93. The van der Waals surface area contributed by atoms with Crippen LogP contribution in [0, 0.1) is 5.92 Å². The van der Waals surface area contributed by atoms with Crippen molar-refractivity contribution in [2.45, 2.75) is 148 Å². The molecule has 0 aromatic rings. The molecular formula is C40H66O7. The van der Waals surface area contributed by atoms with Gasteiger partial charge in [-0.05, 0) is 44.4 Å². The van der Waals surface area contributed by atoms with Crippen LogP contribution in [0.25, 0.3) is 0 Å². The summed E-state index contributed by atoms with van der Waals surface area (Å²) < 4.78 is 10.5. The maximum absolute atomic E-state index is 12.1. The molecular weight excluding hydrogens is 592 g/mol. The second-order valence-corrected chi connectivity index (χ2v) is 12.2. The molecule has 0 saturated carbocycles. The molecule has 0 saturated heterocycles. The van der Waals surface area contributed by atoms with Gasteiger partial charge in [0.05, 0.1) is 18.8 Å². The molecule has 7 nitrogen and oxygen atoms in total. The van der Waals surface area contributed by atoms with Gasteiger partial charge in [0.1, 0.15) is 6.61 Å². The van der Waals surface area contributed by atoms with Crippen LogP contribution in [0.1, 0.15) is 130 Å². The molecule has 0 aromatic carbocycles. The van der Waals surface area contributed by atoms with Gasteiger partial charge >= 0.3 is 11.9 Å². The zero-order chi connectivity index (χ0) is 34.8. The molecule has 4 atom stereocenters. The lowest BCUT2D eigenvalue weighted by Crippen LogP contribution is -2.28. The van der Waals surface area contributed by atoms with Crippen molar-refractivity contribution in [1.82, 2.24) is 0 Å². The Morgan fingerprint density at radius 3 is 2.00 bits per heavy atom. The standard InChI is InChI=1S/C40H66O7/c1-4-6-19-27-36(42)28-21-15-11-9-12-16-22-29-37(43)30-23-18-25-32-40(45)47-38(33-41)34-46-39(44)31-24-17-13-8-7-10-14-20-26-35(3)5-2/h6,11-12,15-16,19,21-23,28-30,35-38,41-43H,4-5,7-10,13-14,17-18,20,24-27,31-34H2,1-3H3/b15-11-,16-12-,19-6-,28-21+,29-22+,30-23-/t35?,36-,37-,38-/m0/s1.